The summed E-state index contributed by atoms with van der Waals surface area (Å²) >= 11 is 0. The molecule has 0 aliphatic rings. The third-order valence-electron chi connectivity index (χ3n) is 17.3. The smallest absolute Gasteiger partial charge is 0.338 e. The number of rotatable bonds is 18. The Morgan fingerprint density at radius 2 is 0.456 bits per heavy atom. The second-order valence-corrected chi connectivity index (χ2v) is 33.1. The molecule has 15 nitrogen and oxygen atoms in total. The largest absolute Gasteiger partial charge is 0.457 e. The van der Waals surface area contributed by atoms with Crippen LogP contribution in [0.2, 0.25) is 0 Å². The van der Waals surface area contributed by atoms with Crippen LogP contribution in [-0.4, -0.2) is 31.6 Å². The van der Waals surface area contributed by atoms with Crippen molar-refractivity contribution in [2.45, 2.75) is 269 Å². The van der Waals surface area contributed by atoms with Crippen molar-refractivity contribution in [1.82, 2.24) is 13.7 Å². The monoisotopic (exact) mass is 1410 g/mol. The normalized spacial score (nSPS) is 11.8. The van der Waals surface area contributed by atoms with Gasteiger partial charge in [-0.2, -0.15) is 0 Å². The van der Waals surface area contributed by atoms with Gasteiger partial charge in [0.25, 0.3) is 0 Å². The van der Waals surface area contributed by atoms with E-state index in [1.165, 1.54) is 0 Å². The van der Waals surface area contributed by atoms with E-state index < -0.39 is 67.5 Å². The van der Waals surface area contributed by atoms with Crippen LogP contribution in [0.4, 0.5) is 0 Å². The summed E-state index contributed by atoms with van der Waals surface area (Å²) < 4.78 is 41.7. The molecule has 0 unspecified atom stereocenters. The topological polar surface area (TPSA) is 173 Å². The van der Waals surface area contributed by atoms with Gasteiger partial charge in [-0.3, -0.25) is 0 Å². The predicted molar refractivity (Wildman–Crippen MR) is 424 cm³/mol. The first-order valence-electron chi connectivity index (χ1n) is 33.8. The zero-order valence-corrected chi connectivity index (χ0v) is 63.9. The lowest BCUT2D eigenvalue weighted by Crippen LogP contribution is -2.55. The van der Waals surface area contributed by atoms with Crippen molar-refractivity contribution >= 4 is 17.9 Å². The van der Waals surface area contributed by atoms with E-state index >= 15 is 14.4 Å². The molecule has 0 atom stereocenters. The zero-order valence-electron chi connectivity index (χ0n) is 63.9. The Hall–Kier alpha value is -9.24. The molecular weight excluding hydrogens is 1290 g/mol. The average Bonchev–Trinajstić information content (AvgIpc) is 0.761. The molecule has 0 saturated carbocycles. The minimum atomic E-state index is -0.802. The highest BCUT2D eigenvalue weighted by atomic mass is 16.5. The van der Waals surface area contributed by atoms with Crippen molar-refractivity contribution in [2.75, 3.05) is 0 Å². The molecule has 560 valence electrons. The van der Waals surface area contributed by atoms with Crippen molar-refractivity contribution in [3.8, 4) is 51.7 Å². The summed E-state index contributed by atoms with van der Waals surface area (Å²) in [5.74, 6) is 3.05. The number of carbonyl (C=O) groups is 3. The van der Waals surface area contributed by atoms with Crippen LogP contribution in [0.3, 0.4) is 0 Å². The molecule has 7 rings (SSSR count). The molecule has 1 heterocycles. The molecule has 6 aromatic carbocycles. The molecular formula is C88H121N3O12. The average molecular weight is 1410 g/mol. The van der Waals surface area contributed by atoms with Crippen LogP contribution >= 0.6 is 0 Å². The van der Waals surface area contributed by atoms with Crippen molar-refractivity contribution < 1.29 is 42.8 Å². The number of carbonyl (C=O) groups excluding carboxylic acids is 3. The number of aryl methyl sites for hydroxylation is 6. The van der Waals surface area contributed by atoms with Crippen molar-refractivity contribution in [2.24, 2.45) is 0 Å². The summed E-state index contributed by atoms with van der Waals surface area (Å²) in [6, 6.07) is 22.8. The van der Waals surface area contributed by atoms with Gasteiger partial charge in [0.05, 0.1) is 19.6 Å². The van der Waals surface area contributed by atoms with Gasteiger partial charge in [0, 0.05) is 50.1 Å². The van der Waals surface area contributed by atoms with Crippen LogP contribution in [-0.2, 0) is 66.5 Å². The van der Waals surface area contributed by atoms with Gasteiger partial charge < -0.3 is 28.4 Å². The highest BCUT2D eigenvalue weighted by Crippen LogP contribution is 2.48. The van der Waals surface area contributed by atoms with Crippen molar-refractivity contribution in [3.63, 3.8) is 0 Å². The van der Waals surface area contributed by atoms with Gasteiger partial charge in [0.15, 0.2) is 0 Å². The van der Waals surface area contributed by atoms with Gasteiger partial charge in [0.1, 0.15) is 51.7 Å². The molecule has 0 bridgehead atoms. The minimum Gasteiger partial charge on any atom is -0.457 e. The first-order valence-corrected chi connectivity index (χ1v) is 33.8. The maximum absolute atomic E-state index is 15.8. The lowest BCUT2D eigenvalue weighted by atomic mass is 9.78. The summed E-state index contributed by atoms with van der Waals surface area (Å²) in [7, 11) is 0. The van der Waals surface area contributed by atoms with Gasteiger partial charge in [-0.25, -0.2) is 42.5 Å². The first kappa shape index (κ1) is 88.0. The van der Waals surface area contributed by atoms with Crippen LogP contribution in [0.25, 0.3) is 0 Å². The van der Waals surface area contributed by atoms with E-state index in [1.54, 1.807) is 20.8 Å². The minimum absolute atomic E-state index is 0. The Balaban J connectivity index is 0.00000689. The summed E-state index contributed by atoms with van der Waals surface area (Å²) in [6.45, 7) is 63.9. The predicted octanol–water partition coefficient (Wildman–Crippen LogP) is 21.3. The summed E-state index contributed by atoms with van der Waals surface area (Å²) in [5, 5.41) is 0. The number of esters is 3. The standard InChI is InChI=1S/C84H105N3O12.4CH4/c1-46(2)73(88)97-67-49(7)31-58(32-50(67)8)94-70-61(79(13,14)15)37-55(38-62(70)80(16,17)18)43-85-76(91)86(44-56-39-63(81(19,20)21)71(64(40-56)82(22,23)24)95-59-33-51(9)68(52(10)34-59)98-74(89)47(3)4)78(93)87(77(85)92)45-57-41-65(83(25,26)27)72(66(42-57)84(28,29)30)96-60-35-53(11)69(54(12)36-60)99-75(90)48(5)6;;;;/h31-42H,1,3,5,43-45H2,2,4,6-30H3;4*1H4. The van der Waals surface area contributed by atoms with E-state index in [0.29, 0.717) is 102 Å². The molecule has 1 aromatic heterocycles. The lowest BCUT2D eigenvalue weighted by Gasteiger charge is -2.31. The Bertz CT molecular complexity index is 3960. The Labute approximate surface area is 616 Å². The van der Waals surface area contributed by atoms with E-state index in [9.17, 15) is 14.4 Å². The van der Waals surface area contributed by atoms with Crippen molar-refractivity contribution in [3.05, 3.63) is 224 Å². The van der Waals surface area contributed by atoms with Crippen LogP contribution in [0, 0.1) is 41.5 Å². The number of nitrogens with zero attached hydrogens (tertiary/aromatic N) is 3. The highest BCUT2D eigenvalue weighted by Gasteiger charge is 2.34. The second-order valence-electron chi connectivity index (χ2n) is 33.1. The molecule has 0 spiro atoms. The third kappa shape index (κ3) is 20.1. The summed E-state index contributed by atoms with van der Waals surface area (Å²) in [5.41, 5.74) is 5.88. The Morgan fingerprint density at radius 1 is 0.301 bits per heavy atom. The molecule has 0 saturated heterocycles. The van der Waals surface area contributed by atoms with E-state index in [2.05, 4.69) is 144 Å². The number of aromatic nitrogens is 3. The van der Waals surface area contributed by atoms with Gasteiger partial charge >= 0.3 is 35.0 Å². The molecule has 0 fully saturated rings. The van der Waals surface area contributed by atoms with Crippen LogP contribution < -0.4 is 45.5 Å². The molecule has 0 aliphatic carbocycles. The Morgan fingerprint density at radius 3 is 0.592 bits per heavy atom. The SMILES string of the molecule is C.C.C.C.C=C(C)C(=O)Oc1c(C)cc(Oc2c(C(C)(C)C)cc(Cn3c(=O)n(Cc4cc(C(C)(C)C)c(Oc5cc(C)c(OC(=O)C(=C)C)c(C)c5)c(C(C)(C)C)c4)c(=O)n(Cc4cc(C(C)(C)C)c(Oc5cc(C)c(OC(=O)C(=C)C)c(C)c5)c(C(C)(C)C)c4)c3=O)cc2C(C)(C)C)cc1C. The maximum atomic E-state index is 15.8. The Kier molecular flexibility index (Phi) is 27.5. The van der Waals surface area contributed by atoms with Gasteiger partial charge in [-0.15, -0.1) is 0 Å². The van der Waals surface area contributed by atoms with E-state index in [-0.39, 0.29) is 66.1 Å². The molecule has 7 aromatic rings. The fourth-order valence-corrected chi connectivity index (χ4v) is 11.9. The number of hydrogen-bond donors (Lipinski definition) is 0. The summed E-state index contributed by atoms with van der Waals surface area (Å²) in [4.78, 5) is 85.6. The molecule has 0 amide bonds. The second kappa shape index (κ2) is 32.2. The van der Waals surface area contributed by atoms with E-state index in [4.69, 9.17) is 28.4 Å². The molecule has 0 radical (unpaired) electrons. The van der Waals surface area contributed by atoms with Crippen LogP contribution in [0.5, 0.6) is 51.7 Å². The highest BCUT2D eigenvalue weighted by molar-refractivity contribution is 5.90. The van der Waals surface area contributed by atoms with Gasteiger partial charge in [-0.05, 0) is 218 Å². The number of ether oxygens (including phenoxy) is 6. The van der Waals surface area contributed by atoms with Crippen LogP contribution in [0.15, 0.2) is 124 Å². The fourth-order valence-electron chi connectivity index (χ4n) is 11.9. The third-order valence-corrected chi connectivity index (χ3v) is 17.3. The molecule has 0 aliphatic heterocycles. The molecule has 0 N–H and O–H groups in total. The fraction of sp³-hybridized carbons (Fsp3) is 0.455. The van der Waals surface area contributed by atoms with Gasteiger partial charge in [-0.1, -0.05) is 174 Å². The molecule has 103 heavy (non-hydrogen) atoms. The maximum Gasteiger partial charge on any atom is 0.338 e. The summed E-state index contributed by atoms with van der Waals surface area (Å²) in [6.07, 6.45) is 0. The van der Waals surface area contributed by atoms with E-state index in [0.717, 1.165) is 47.1 Å². The molecule has 15 heteroatoms. The first-order chi connectivity index (χ1) is 45.3. The zero-order chi connectivity index (χ0) is 74.6. The van der Waals surface area contributed by atoms with E-state index in [1.807, 2.05) is 114 Å². The van der Waals surface area contributed by atoms with Crippen molar-refractivity contribution in [1.29, 1.82) is 0 Å². The lowest BCUT2D eigenvalue weighted by molar-refractivity contribution is -0.131. The van der Waals surface area contributed by atoms with Crippen LogP contribution in [0.1, 0.15) is 259 Å². The number of benzene rings is 6. The number of hydrogen-bond acceptors (Lipinski definition) is 12. The quantitative estimate of drug-likeness (QED) is 0.0453. The van der Waals surface area contributed by atoms with Gasteiger partial charge in [0.2, 0.25) is 0 Å².